The third-order valence-corrected chi connectivity index (χ3v) is 5.86. The number of carbonyl (C=O) groups is 2. The molecule has 1 aliphatic heterocycles. The highest BCUT2D eigenvalue weighted by atomic mass is 32.2. The maximum absolute atomic E-state index is 12.8. The summed E-state index contributed by atoms with van der Waals surface area (Å²) in [4.78, 5) is 29.2. The Labute approximate surface area is 157 Å². The van der Waals surface area contributed by atoms with Crippen LogP contribution < -0.4 is 0 Å². The Kier molecular flexibility index (Phi) is 5.79. The number of hydrogen-bond donors (Lipinski definition) is 0. The molecule has 0 radical (unpaired) electrons. The Morgan fingerprint density at radius 3 is 2.11 bits per heavy atom. The van der Waals surface area contributed by atoms with Crippen molar-refractivity contribution in [3.8, 4) is 0 Å². The van der Waals surface area contributed by atoms with E-state index >= 15 is 0 Å². The van der Waals surface area contributed by atoms with Crippen LogP contribution in [-0.4, -0.2) is 80.1 Å². The maximum Gasteiger partial charge on any atom is 0.341 e. The van der Waals surface area contributed by atoms with Crippen LogP contribution in [0.2, 0.25) is 0 Å². The third kappa shape index (κ3) is 4.20. The SMILES string of the molecule is CN(C)C(=O)N1CCN(C(=O)c2ccc(S(=O)(=O)C(F)F)cc2)C(C)(C)C1. The summed E-state index contributed by atoms with van der Waals surface area (Å²) in [6.45, 7) is 4.67. The lowest BCUT2D eigenvalue weighted by molar-refractivity contribution is 0.0241. The molecule has 0 aliphatic carbocycles. The van der Waals surface area contributed by atoms with Gasteiger partial charge in [0, 0.05) is 39.3 Å². The number of sulfone groups is 1. The number of alkyl halides is 2. The summed E-state index contributed by atoms with van der Waals surface area (Å²) in [5, 5.41) is 0. The predicted molar refractivity (Wildman–Crippen MR) is 95.4 cm³/mol. The quantitative estimate of drug-likeness (QED) is 0.772. The summed E-state index contributed by atoms with van der Waals surface area (Å²) >= 11 is 0. The Bertz CT molecular complexity index is 823. The molecule has 3 amide bonds. The topological polar surface area (TPSA) is 78.0 Å². The fourth-order valence-electron chi connectivity index (χ4n) is 3.02. The molecule has 1 aromatic carbocycles. The van der Waals surface area contributed by atoms with Crippen molar-refractivity contribution in [2.45, 2.75) is 30.0 Å². The van der Waals surface area contributed by atoms with E-state index in [0.29, 0.717) is 19.6 Å². The minimum Gasteiger partial charge on any atom is -0.331 e. The number of carbonyl (C=O) groups excluding carboxylic acids is 2. The highest BCUT2D eigenvalue weighted by molar-refractivity contribution is 7.91. The monoisotopic (exact) mass is 403 g/mol. The Balaban J connectivity index is 2.20. The van der Waals surface area contributed by atoms with Crippen molar-refractivity contribution in [2.75, 3.05) is 33.7 Å². The van der Waals surface area contributed by atoms with Crippen LogP contribution in [0, 0.1) is 0 Å². The van der Waals surface area contributed by atoms with Crippen molar-refractivity contribution >= 4 is 21.8 Å². The van der Waals surface area contributed by atoms with Gasteiger partial charge in [-0.1, -0.05) is 0 Å². The molecule has 1 aromatic rings. The van der Waals surface area contributed by atoms with E-state index in [2.05, 4.69) is 0 Å². The Morgan fingerprint density at radius 2 is 1.67 bits per heavy atom. The molecule has 2 rings (SSSR count). The summed E-state index contributed by atoms with van der Waals surface area (Å²) in [5.41, 5.74) is -0.446. The van der Waals surface area contributed by atoms with Crippen molar-refractivity contribution in [1.29, 1.82) is 0 Å². The number of halogens is 2. The van der Waals surface area contributed by atoms with Gasteiger partial charge in [-0.3, -0.25) is 4.79 Å². The van der Waals surface area contributed by atoms with Gasteiger partial charge < -0.3 is 14.7 Å². The number of nitrogens with zero attached hydrogens (tertiary/aromatic N) is 3. The fraction of sp³-hybridized carbons (Fsp3) is 0.529. The number of hydrogen-bond acceptors (Lipinski definition) is 4. The summed E-state index contributed by atoms with van der Waals surface area (Å²) in [7, 11) is -1.39. The lowest BCUT2D eigenvalue weighted by atomic mass is 9.97. The molecule has 0 unspecified atom stereocenters. The molecular weight excluding hydrogens is 380 g/mol. The number of urea groups is 1. The van der Waals surface area contributed by atoms with Gasteiger partial charge >= 0.3 is 11.8 Å². The summed E-state index contributed by atoms with van der Waals surface area (Å²) in [5.74, 6) is -3.86. The second-order valence-corrected chi connectivity index (χ2v) is 9.12. The minimum atomic E-state index is -4.70. The van der Waals surface area contributed by atoms with Crippen LogP contribution in [0.25, 0.3) is 0 Å². The standard InChI is InChI=1S/C17H23F2N3O4S/c1-17(2)11-21(16(24)20(3)4)9-10-22(17)14(23)12-5-7-13(8-6-12)27(25,26)15(18)19/h5-8,15H,9-11H2,1-4H3. The van der Waals surface area contributed by atoms with Crippen molar-refractivity contribution in [3.05, 3.63) is 29.8 Å². The molecule has 0 spiro atoms. The van der Waals surface area contributed by atoms with Crippen LogP contribution in [0.4, 0.5) is 13.6 Å². The van der Waals surface area contributed by atoms with Crippen molar-refractivity contribution in [1.82, 2.24) is 14.7 Å². The van der Waals surface area contributed by atoms with E-state index in [0.717, 1.165) is 12.1 Å². The molecule has 0 aromatic heterocycles. The molecule has 0 saturated carbocycles. The van der Waals surface area contributed by atoms with E-state index in [1.165, 1.54) is 17.0 Å². The highest BCUT2D eigenvalue weighted by Crippen LogP contribution is 2.25. The second kappa shape index (κ2) is 7.41. The first-order valence-corrected chi connectivity index (χ1v) is 9.83. The van der Waals surface area contributed by atoms with Gasteiger partial charge in [0.05, 0.1) is 10.4 Å². The third-order valence-electron chi connectivity index (χ3n) is 4.46. The van der Waals surface area contributed by atoms with Crippen LogP contribution in [-0.2, 0) is 9.84 Å². The number of benzene rings is 1. The molecule has 0 atom stereocenters. The predicted octanol–water partition coefficient (Wildman–Crippen LogP) is 1.90. The normalized spacial score (nSPS) is 17.1. The van der Waals surface area contributed by atoms with Crippen molar-refractivity contribution in [2.24, 2.45) is 0 Å². The molecule has 0 bridgehead atoms. The molecule has 1 aliphatic rings. The van der Waals surface area contributed by atoms with Crippen LogP contribution in [0.3, 0.4) is 0 Å². The molecule has 1 heterocycles. The fourth-order valence-corrected chi connectivity index (χ4v) is 3.74. The van der Waals surface area contributed by atoms with Crippen LogP contribution in [0.1, 0.15) is 24.2 Å². The van der Waals surface area contributed by atoms with Gasteiger partial charge in [0.2, 0.25) is 9.84 Å². The van der Waals surface area contributed by atoms with E-state index in [1.807, 2.05) is 13.8 Å². The van der Waals surface area contributed by atoms with Gasteiger partial charge in [-0.25, -0.2) is 13.2 Å². The first-order chi connectivity index (χ1) is 12.4. The van der Waals surface area contributed by atoms with Crippen LogP contribution in [0.15, 0.2) is 29.2 Å². The molecule has 27 heavy (non-hydrogen) atoms. The van der Waals surface area contributed by atoms with Gasteiger partial charge in [-0.05, 0) is 38.1 Å². The number of rotatable bonds is 3. The lowest BCUT2D eigenvalue weighted by Gasteiger charge is -2.47. The molecule has 0 N–H and O–H groups in total. The molecular formula is C17H23F2N3O4S. The van der Waals surface area contributed by atoms with Gasteiger partial charge in [0.1, 0.15) is 0 Å². The van der Waals surface area contributed by atoms with E-state index in [-0.39, 0.29) is 17.5 Å². The zero-order valence-electron chi connectivity index (χ0n) is 15.6. The first kappa shape index (κ1) is 21.1. The Morgan fingerprint density at radius 1 is 1.11 bits per heavy atom. The summed E-state index contributed by atoms with van der Waals surface area (Å²) in [6.07, 6.45) is 0. The zero-order chi connectivity index (χ0) is 20.6. The van der Waals surface area contributed by atoms with Crippen LogP contribution >= 0.6 is 0 Å². The lowest BCUT2D eigenvalue weighted by Crippen LogP contribution is -2.63. The van der Waals surface area contributed by atoms with Gasteiger partial charge in [-0.2, -0.15) is 8.78 Å². The molecule has 10 heteroatoms. The average Bonchev–Trinajstić information content (AvgIpc) is 2.59. The van der Waals surface area contributed by atoms with Gasteiger partial charge in [-0.15, -0.1) is 0 Å². The number of amides is 3. The Hall–Kier alpha value is -2.23. The second-order valence-electron chi connectivity index (χ2n) is 7.20. The van der Waals surface area contributed by atoms with E-state index < -0.39 is 26.0 Å². The van der Waals surface area contributed by atoms with E-state index in [4.69, 9.17) is 0 Å². The van der Waals surface area contributed by atoms with Crippen molar-refractivity contribution < 1.29 is 26.8 Å². The summed E-state index contributed by atoms with van der Waals surface area (Å²) < 4.78 is 48.2. The summed E-state index contributed by atoms with van der Waals surface area (Å²) in [6, 6.07) is 4.33. The molecule has 1 fully saturated rings. The molecule has 150 valence electrons. The smallest absolute Gasteiger partial charge is 0.331 e. The van der Waals surface area contributed by atoms with Crippen LogP contribution in [0.5, 0.6) is 0 Å². The van der Waals surface area contributed by atoms with Gasteiger partial charge in [0.15, 0.2) is 0 Å². The number of piperazine rings is 1. The highest BCUT2D eigenvalue weighted by Gasteiger charge is 2.39. The molecule has 1 saturated heterocycles. The van der Waals surface area contributed by atoms with E-state index in [1.54, 1.807) is 23.9 Å². The van der Waals surface area contributed by atoms with Gasteiger partial charge in [0.25, 0.3) is 5.91 Å². The minimum absolute atomic E-state index is 0.142. The van der Waals surface area contributed by atoms with Crippen molar-refractivity contribution in [3.63, 3.8) is 0 Å². The average molecular weight is 403 g/mol. The molecule has 7 nitrogen and oxygen atoms in total. The zero-order valence-corrected chi connectivity index (χ0v) is 16.5. The maximum atomic E-state index is 12.8. The van der Waals surface area contributed by atoms with E-state index in [9.17, 15) is 26.8 Å². The largest absolute Gasteiger partial charge is 0.341 e. The first-order valence-electron chi connectivity index (χ1n) is 8.28.